The first-order valence-corrected chi connectivity index (χ1v) is 9.20. The predicted molar refractivity (Wildman–Crippen MR) is 103 cm³/mol. The van der Waals surface area contributed by atoms with Gasteiger partial charge in [0.05, 0.1) is 18.3 Å². The molecular weight excluding hydrogens is 321 g/mol. The molecule has 1 aromatic carbocycles. The fraction of sp³-hybridized carbons (Fsp3) is 0.667. The summed E-state index contributed by atoms with van der Waals surface area (Å²) < 4.78 is 21.4. The van der Waals surface area contributed by atoms with Crippen LogP contribution in [0.1, 0.15) is 54.0 Å². The van der Waals surface area contributed by atoms with Crippen LogP contribution in [0.4, 0.5) is 0 Å². The predicted octanol–water partition coefficient (Wildman–Crippen LogP) is 3.53. The molecule has 6 heteroatoms. The van der Waals surface area contributed by atoms with Gasteiger partial charge in [-0.15, -0.1) is 0 Å². The summed E-state index contributed by atoms with van der Waals surface area (Å²) in [6.45, 7) is 15.5. The first-order chi connectivity index (χ1) is 11.0. The van der Waals surface area contributed by atoms with Crippen LogP contribution in [0.3, 0.4) is 0 Å². The molecular formula is C18H30BNO3S. The van der Waals surface area contributed by atoms with Crippen LogP contribution >= 0.6 is 11.9 Å². The summed E-state index contributed by atoms with van der Waals surface area (Å²) in [7, 11) is 1.33. The van der Waals surface area contributed by atoms with Crippen molar-refractivity contribution >= 4 is 24.5 Å². The van der Waals surface area contributed by atoms with Crippen LogP contribution < -0.4 is 14.9 Å². The van der Waals surface area contributed by atoms with Gasteiger partial charge in [-0.3, -0.25) is 4.72 Å². The molecule has 1 aliphatic rings. The third-order valence-corrected chi connectivity index (χ3v) is 5.38. The average Bonchev–Trinajstić information content (AvgIpc) is 2.66. The average molecular weight is 351 g/mol. The highest BCUT2D eigenvalue weighted by Gasteiger charge is 2.51. The molecule has 1 aromatic rings. The minimum Gasteiger partial charge on any atom is -0.496 e. The lowest BCUT2D eigenvalue weighted by atomic mass is 9.78. The first kappa shape index (κ1) is 19.6. The molecule has 0 atom stereocenters. The van der Waals surface area contributed by atoms with Crippen LogP contribution in [0.15, 0.2) is 18.2 Å². The van der Waals surface area contributed by atoms with Crippen LogP contribution in [-0.4, -0.2) is 30.2 Å². The van der Waals surface area contributed by atoms with Gasteiger partial charge in [0.2, 0.25) is 0 Å². The van der Waals surface area contributed by atoms with E-state index in [4.69, 9.17) is 14.0 Å². The topological polar surface area (TPSA) is 39.7 Å². The Morgan fingerprint density at radius 2 is 1.71 bits per heavy atom. The highest BCUT2D eigenvalue weighted by molar-refractivity contribution is 7.98. The summed E-state index contributed by atoms with van der Waals surface area (Å²) in [4.78, 5) is 0. The molecule has 0 amide bonds. The van der Waals surface area contributed by atoms with Crippen molar-refractivity contribution in [1.82, 2.24) is 4.72 Å². The number of hydrogen-bond acceptors (Lipinski definition) is 5. The fourth-order valence-corrected chi connectivity index (χ4v) is 3.02. The van der Waals surface area contributed by atoms with Gasteiger partial charge in [-0.25, -0.2) is 0 Å². The summed E-state index contributed by atoms with van der Waals surface area (Å²) in [5.74, 6) is 0.851. The quantitative estimate of drug-likeness (QED) is 0.649. The van der Waals surface area contributed by atoms with E-state index in [0.717, 1.165) is 23.3 Å². The highest BCUT2D eigenvalue weighted by Crippen LogP contribution is 2.36. The van der Waals surface area contributed by atoms with Crippen LogP contribution in [0.2, 0.25) is 0 Å². The molecule has 2 rings (SSSR count). The largest absolute Gasteiger partial charge is 0.496 e. The molecule has 0 radical (unpaired) electrons. The van der Waals surface area contributed by atoms with Gasteiger partial charge in [-0.05, 0) is 60.0 Å². The van der Waals surface area contributed by atoms with Crippen molar-refractivity contribution in [3.63, 3.8) is 0 Å². The zero-order valence-electron chi connectivity index (χ0n) is 16.1. The van der Waals surface area contributed by atoms with E-state index in [1.54, 1.807) is 19.1 Å². The molecule has 1 fully saturated rings. The van der Waals surface area contributed by atoms with Crippen molar-refractivity contribution in [1.29, 1.82) is 0 Å². The van der Waals surface area contributed by atoms with E-state index in [9.17, 15) is 0 Å². The van der Waals surface area contributed by atoms with Crippen LogP contribution in [-0.2, 0) is 15.9 Å². The molecule has 1 saturated heterocycles. The summed E-state index contributed by atoms with van der Waals surface area (Å²) >= 11 is 1.72. The van der Waals surface area contributed by atoms with Gasteiger partial charge in [-0.1, -0.05) is 24.1 Å². The van der Waals surface area contributed by atoms with E-state index in [2.05, 4.69) is 65.3 Å². The maximum absolute atomic E-state index is 6.12. The lowest BCUT2D eigenvalue weighted by molar-refractivity contribution is 0.00578. The summed E-state index contributed by atoms with van der Waals surface area (Å²) in [6.07, 6.45) is 0. The van der Waals surface area contributed by atoms with Crippen LogP contribution in [0, 0.1) is 0 Å². The van der Waals surface area contributed by atoms with Gasteiger partial charge in [-0.2, -0.15) is 0 Å². The number of methoxy groups -OCH3 is 1. The van der Waals surface area contributed by atoms with E-state index in [0.29, 0.717) is 0 Å². The van der Waals surface area contributed by atoms with E-state index in [1.165, 1.54) is 0 Å². The van der Waals surface area contributed by atoms with Gasteiger partial charge >= 0.3 is 7.12 Å². The Bertz CT molecular complexity index is 568. The van der Waals surface area contributed by atoms with Crippen LogP contribution in [0.5, 0.6) is 5.75 Å². The molecule has 0 unspecified atom stereocenters. The van der Waals surface area contributed by atoms with Crippen molar-refractivity contribution in [3.05, 3.63) is 23.8 Å². The number of hydrogen-bond donors (Lipinski definition) is 1. The molecule has 0 aromatic heterocycles. The minimum absolute atomic E-state index is 0.176. The molecule has 1 N–H and O–H groups in total. The van der Waals surface area contributed by atoms with E-state index >= 15 is 0 Å². The zero-order valence-corrected chi connectivity index (χ0v) is 17.0. The smallest absolute Gasteiger partial charge is 0.494 e. The van der Waals surface area contributed by atoms with Crippen molar-refractivity contribution in [3.8, 4) is 5.75 Å². The summed E-state index contributed by atoms with van der Waals surface area (Å²) in [5, 5.41) is 0. The Balaban J connectivity index is 2.12. The van der Waals surface area contributed by atoms with Crippen molar-refractivity contribution in [2.45, 2.75) is 71.0 Å². The van der Waals surface area contributed by atoms with Gasteiger partial charge < -0.3 is 14.0 Å². The van der Waals surface area contributed by atoms with E-state index < -0.39 is 0 Å². The minimum atomic E-state index is -0.366. The van der Waals surface area contributed by atoms with Crippen molar-refractivity contribution < 1.29 is 14.0 Å². The Labute approximate surface area is 151 Å². The maximum atomic E-state index is 6.12. The molecule has 0 saturated carbocycles. The molecule has 0 spiro atoms. The van der Waals surface area contributed by atoms with E-state index in [1.807, 2.05) is 6.07 Å². The number of benzene rings is 1. The Hall–Kier alpha value is -0.685. The van der Waals surface area contributed by atoms with Gasteiger partial charge in [0.25, 0.3) is 0 Å². The first-order valence-electron chi connectivity index (χ1n) is 8.38. The summed E-state index contributed by atoms with van der Waals surface area (Å²) in [5.41, 5.74) is 1.43. The third-order valence-electron chi connectivity index (χ3n) is 4.48. The molecule has 4 nitrogen and oxygen atoms in total. The molecule has 1 heterocycles. The maximum Gasteiger partial charge on any atom is 0.494 e. The normalized spacial score (nSPS) is 19.6. The Morgan fingerprint density at radius 1 is 1.12 bits per heavy atom. The summed E-state index contributed by atoms with van der Waals surface area (Å²) in [6, 6.07) is 6.15. The Morgan fingerprint density at radius 3 is 2.21 bits per heavy atom. The molecule has 24 heavy (non-hydrogen) atoms. The second kappa shape index (κ2) is 6.91. The van der Waals surface area contributed by atoms with Gasteiger partial charge in [0, 0.05) is 16.9 Å². The lowest BCUT2D eigenvalue weighted by Crippen LogP contribution is -2.41. The monoisotopic (exact) mass is 351 g/mol. The molecule has 0 aliphatic carbocycles. The highest BCUT2D eigenvalue weighted by atomic mass is 32.2. The standard InChI is InChI=1S/C18H30BNO3S/c1-16(2,3)24-20-12-13-9-10-14(11-15(13)21-8)19-22-17(4,5)18(6,7)23-19/h9-11,20H,12H2,1-8H3. The zero-order chi connectivity index (χ0) is 18.2. The van der Waals surface area contributed by atoms with E-state index in [-0.39, 0.29) is 23.1 Å². The molecule has 0 bridgehead atoms. The molecule has 1 aliphatic heterocycles. The van der Waals surface area contributed by atoms with Crippen molar-refractivity contribution in [2.24, 2.45) is 0 Å². The molecule has 134 valence electrons. The van der Waals surface area contributed by atoms with Gasteiger partial charge in [0.1, 0.15) is 5.75 Å². The SMILES string of the molecule is COc1cc(B2OC(C)(C)C(C)(C)O2)ccc1CNSC(C)(C)C. The lowest BCUT2D eigenvalue weighted by Gasteiger charge is -2.32. The number of nitrogens with one attached hydrogen (secondary N) is 1. The fourth-order valence-electron chi connectivity index (χ4n) is 2.36. The van der Waals surface area contributed by atoms with Gasteiger partial charge in [0.15, 0.2) is 0 Å². The third kappa shape index (κ3) is 4.48. The second-order valence-corrected chi connectivity index (χ2v) is 9.91. The Kier molecular flexibility index (Phi) is 5.65. The van der Waals surface area contributed by atoms with Crippen molar-refractivity contribution in [2.75, 3.05) is 7.11 Å². The number of rotatable bonds is 5. The van der Waals surface area contributed by atoms with Crippen LogP contribution in [0.25, 0.3) is 0 Å². The second-order valence-electron chi connectivity index (χ2n) is 8.20. The number of ether oxygens (including phenoxy) is 1.